The molecule has 73 heavy (non-hydrogen) atoms. The molecule has 2 unspecified atom stereocenters. The van der Waals surface area contributed by atoms with Crippen molar-refractivity contribution < 1.29 is 28.7 Å². The van der Waals surface area contributed by atoms with Crippen LogP contribution in [-0.2, 0) is 36.1 Å². The lowest BCUT2D eigenvalue weighted by molar-refractivity contribution is -0.153. The third-order valence-electron chi connectivity index (χ3n) is 12.9. The number of fused-ring (bicyclic) bond motifs is 1. The third-order valence-corrected chi connectivity index (χ3v) is 19.0. The zero-order valence-electron chi connectivity index (χ0n) is 39.9. The van der Waals surface area contributed by atoms with Crippen LogP contribution in [0, 0.1) is 0 Å². The number of aromatic nitrogens is 1. The molecule has 3 heterocycles. The van der Waals surface area contributed by atoms with Crippen LogP contribution in [0.4, 0.5) is 5.13 Å². The van der Waals surface area contributed by atoms with E-state index in [2.05, 4.69) is 94.4 Å². The van der Waals surface area contributed by atoms with Gasteiger partial charge in [0, 0.05) is 11.1 Å². The number of esters is 1. The van der Waals surface area contributed by atoms with Crippen molar-refractivity contribution in [2.45, 2.75) is 23.6 Å². The largest absolute Gasteiger partial charge is 0.497 e. The molecule has 2 amide bonds. The minimum Gasteiger partial charge on any atom is -0.497 e. The van der Waals surface area contributed by atoms with Gasteiger partial charge in [0.05, 0.1) is 7.11 Å². The second-order valence-electron chi connectivity index (χ2n) is 17.2. The van der Waals surface area contributed by atoms with Gasteiger partial charge < -0.3 is 24.9 Å². The Morgan fingerprint density at radius 3 is 1.68 bits per heavy atom. The number of thioether (sulfide) groups is 1. The standard InChI is InChI=1S/C59H50N5O6PS2/c1-68-46-35-33-41(34-36-46)37-70-57(67)53-42(38-71(47-27-15-6-16-28-47,48-29-17-7-18-30-48)49-31-19-8-20-32-49)39-72-56-52(55(66)64(53)56)61-54(65)51(63-69-2)50-40-73-58(60-50)62-59(43-21-9-3-10-22-43,44-23-11-4-12-24-44)45-25-13-5-14-26-45/h3-36,38,40,52,56H,37,39H2,1-2H3,(H,60,62)(H,61,65)/b63-51-. The number of oxime groups is 1. The molecule has 364 valence electrons. The molecule has 2 atom stereocenters. The first-order valence-corrected chi connectivity index (χ1v) is 27.3. The quantitative estimate of drug-likeness (QED) is 0.0229. The number of rotatable bonds is 17. The number of hydrogen-bond donors (Lipinski definition) is 2. The number of β-lactam (4-membered cyclic amide) rings is 1. The first-order chi connectivity index (χ1) is 35.8. The van der Waals surface area contributed by atoms with Gasteiger partial charge in [-0.2, -0.15) is 0 Å². The number of nitrogens with one attached hydrogen (secondary N) is 2. The molecule has 14 heteroatoms. The van der Waals surface area contributed by atoms with Gasteiger partial charge in [0.25, 0.3) is 11.8 Å². The first-order valence-electron chi connectivity index (χ1n) is 23.6. The number of benzene rings is 7. The van der Waals surface area contributed by atoms with Gasteiger partial charge in [-0.15, -0.1) is 23.1 Å². The lowest BCUT2D eigenvalue weighted by Gasteiger charge is -2.49. The molecule has 11 nitrogen and oxygen atoms in total. The van der Waals surface area contributed by atoms with E-state index in [4.69, 9.17) is 19.3 Å². The van der Waals surface area contributed by atoms with Crippen molar-refractivity contribution in [1.82, 2.24) is 15.2 Å². The van der Waals surface area contributed by atoms with Crippen molar-refractivity contribution in [1.29, 1.82) is 0 Å². The zero-order chi connectivity index (χ0) is 50.2. The van der Waals surface area contributed by atoms with Gasteiger partial charge in [0.15, 0.2) is 10.8 Å². The van der Waals surface area contributed by atoms with Gasteiger partial charge in [-0.3, -0.25) is 14.5 Å². The molecule has 0 aliphatic carbocycles. The first kappa shape index (κ1) is 48.7. The molecule has 2 N–H and O–H groups in total. The topological polar surface area (TPSA) is 131 Å². The molecule has 0 bridgehead atoms. The Balaban J connectivity index is 0.992. The van der Waals surface area contributed by atoms with E-state index in [-0.39, 0.29) is 23.7 Å². The molecule has 0 radical (unpaired) electrons. The Morgan fingerprint density at radius 2 is 1.21 bits per heavy atom. The van der Waals surface area contributed by atoms with Crippen molar-refractivity contribution in [2.75, 3.05) is 25.3 Å². The summed E-state index contributed by atoms with van der Waals surface area (Å²) in [7, 11) is 2.94. The Kier molecular flexibility index (Phi) is 14.5. The van der Waals surface area contributed by atoms with E-state index in [0.717, 1.165) is 38.2 Å². The fraction of sp³-hybridized carbons (Fsp3) is 0.119. The lowest BCUT2D eigenvalue weighted by atomic mass is 9.77. The summed E-state index contributed by atoms with van der Waals surface area (Å²) in [5.74, 6) is 1.44. The number of carbonyl (C=O) groups excluding carboxylic acids is 3. The van der Waals surface area contributed by atoms with Crippen molar-refractivity contribution in [2.24, 2.45) is 5.16 Å². The molecule has 8 aromatic rings. The molecular weight excluding hydrogens is 970 g/mol. The van der Waals surface area contributed by atoms with Crippen LogP contribution in [0.5, 0.6) is 5.75 Å². The van der Waals surface area contributed by atoms with Crippen molar-refractivity contribution in [3.63, 3.8) is 0 Å². The highest BCUT2D eigenvalue weighted by atomic mass is 32.2. The summed E-state index contributed by atoms with van der Waals surface area (Å²) >= 11 is 2.78. The second-order valence-corrected chi connectivity index (χ2v) is 22.4. The van der Waals surface area contributed by atoms with E-state index in [1.165, 1.54) is 35.1 Å². The van der Waals surface area contributed by atoms with E-state index in [1.807, 2.05) is 121 Å². The second kappa shape index (κ2) is 21.8. The van der Waals surface area contributed by atoms with Gasteiger partial charge in [-0.25, -0.2) is 9.78 Å². The van der Waals surface area contributed by atoms with E-state index >= 15 is 0 Å². The maximum atomic E-state index is 14.8. The number of methoxy groups -OCH3 is 1. The van der Waals surface area contributed by atoms with Crippen LogP contribution in [0.15, 0.2) is 228 Å². The molecule has 2 aliphatic rings. The zero-order valence-corrected chi connectivity index (χ0v) is 42.4. The minimum atomic E-state index is -2.65. The van der Waals surface area contributed by atoms with Crippen LogP contribution in [0.3, 0.4) is 0 Å². The van der Waals surface area contributed by atoms with Crippen LogP contribution in [0.1, 0.15) is 27.9 Å². The summed E-state index contributed by atoms with van der Waals surface area (Å²) in [4.78, 5) is 55.6. The number of ether oxygens (including phenoxy) is 2. The molecule has 1 saturated heterocycles. The number of carbonyl (C=O) groups is 3. The maximum absolute atomic E-state index is 14.8. The van der Waals surface area contributed by atoms with Gasteiger partial charge in [0.1, 0.15) is 47.8 Å². The third kappa shape index (κ3) is 9.62. The Hall–Kier alpha value is -7.96. The normalized spacial score (nSPS) is 15.6. The average Bonchev–Trinajstić information content (AvgIpc) is 3.93. The summed E-state index contributed by atoms with van der Waals surface area (Å²) in [5.41, 5.74) is 3.75. The predicted octanol–water partition coefficient (Wildman–Crippen LogP) is 9.10. The lowest BCUT2D eigenvalue weighted by Crippen LogP contribution is -2.71. The van der Waals surface area contributed by atoms with E-state index < -0.39 is 41.6 Å². The van der Waals surface area contributed by atoms with Gasteiger partial charge in [-0.1, -0.05) is 199 Å². The van der Waals surface area contributed by atoms with Crippen molar-refractivity contribution in [3.8, 4) is 5.75 Å². The molecule has 2 aliphatic heterocycles. The predicted molar refractivity (Wildman–Crippen MR) is 295 cm³/mol. The molecular formula is C59H50N5O6PS2. The number of amides is 2. The van der Waals surface area contributed by atoms with Crippen LogP contribution in [-0.4, -0.2) is 70.6 Å². The fourth-order valence-corrected chi connectivity index (χ4v) is 15.6. The molecule has 10 rings (SSSR count). The van der Waals surface area contributed by atoms with E-state index in [9.17, 15) is 14.4 Å². The van der Waals surface area contributed by atoms with E-state index in [0.29, 0.717) is 22.2 Å². The van der Waals surface area contributed by atoms with Crippen molar-refractivity contribution in [3.05, 3.63) is 251 Å². The van der Waals surface area contributed by atoms with E-state index in [1.54, 1.807) is 24.6 Å². The van der Waals surface area contributed by atoms with Crippen LogP contribution in [0.25, 0.3) is 0 Å². The monoisotopic (exact) mass is 1020 g/mol. The number of nitrogens with zero attached hydrogens (tertiary/aromatic N) is 3. The maximum Gasteiger partial charge on any atom is 0.355 e. The highest BCUT2D eigenvalue weighted by Gasteiger charge is 2.55. The Labute approximate surface area is 432 Å². The Bertz CT molecular complexity index is 3140. The van der Waals surface area contributed by atoms with Crippen LogP contribution in [0.2, 0.25) is 0 Å². The molecule has 0 saturated carbocycles. The van der Waals surface area contributed by atoms with Crippen LogP contribution >= 0.6 is 30.0 Å². The van der Waals surface area contributed by atoms with Crippen LogP contribution < -0.4 is 31.3 Å². The summed E-state index contributed by atoms with van der Waals surface area (Å²) in [6.45, 7) is -2.69. The average molecular weight is 1020 g/mol. The Morgan fingerprint density at radius 1 is 0.712 bits per heavy atom. The summed E-state index contributed by atoms with van der Waals surface area (Å²) in [6.07, 6.45) is 0. The van der Waals surface area contributed by atoms with Crippen molar-refractivity contribution >= 4 is 80.3 Å². The highest BCUT2D eigenvalue weighted by molar-refractivity contribution is 8.00. The summed E-state index contributed by atoms with van der Waals surface area (Å²) in [6, 6.07) is 67.5. The summed E-state index contributed by atoms with van der Waals surface area (Å²) in [5, 5.41) is 15.7. The number of hydrogen-bond acceptors (Lipinski definition) is 11. The smallest absolute Gasteiger partial charge is 0.355 e. The van der Waals surface area contributed by atoms with Gasteiger partial charge in [0.2, 0.25) is 0 Å². The summed E-state index contributed by atoms with van der Waals surface area (Å²) < 4.78 is 11.4. The molecule has 7 aromatic carbocycles. The fourth-order valence-electron chi connectivity index (χ4n) is 9.45. The molecule has 1 aromatic heterocycles. The minimum absolute atomic E-state index is 0.0412. The molecule has 1 fully saturated rings. The molecule has 0 spiro atoms. The number of thiazole rings is 1. The SMILES string of the molecule is CO/N=C(\C(=O)NC1C(=O)N2C(C(=O)OCc3ccc(OC)cc3)=C(C=P(c3ccccc3)(c3ccccc3)c3ccccc3)CSC12)c1csc(NC(c2ccccc2)(c2ccccc2)c2ccccc2)n1. The number of anilines is 1. The van der Waals surface area contributed by atoms with Gasteiger partial charge >= 0.3 is 5.97 Å². The van der Waals surface area contributed by atoms with Gasteiger partial charge in [-0.05, 0) is 68.6 Å². The highest BCUT2D eigenvalue weighted by Crippen LogP contribution is 2.48.